The van der Waals surface area contributed by atoms with Crippen molar-refractivity contribution < 1.29 is 0 Å². The minimum absolute atomic E-state index is 0.992. The molecule has 0 aromatic carbocycles. The lowest BCUT2D eigenvalue weighted by Crippen LogP contribution is -2.02. The zero-order chi connectivity index (χ0) is 6.69. The third kappa shape index (κ3) is 1.70. The van der Waals surface area contributed by atoms with E-state index in [1.165, 1.54) is 25.7 Å². The van der Waals surface area contributed by atoms with Crippen LogP contribution in [0, 0.1) is 18.8 Å². The fourth-order valence-corrected chi connectivity index (χ4v) is 1.91. The second-order valence-electron chi connectivity index (χ2n) is 3.31. The maximum atomic E-state index is 3.88. The summed E-state index contributed by atoms with van der Waals surface area (Å²) < 4.78 is 0. The van der Waals surface area contributed by atoms with E-state index in [0.29, 0.717) is 0 Å². The van der Waals surface area contributed by atoms with Crippen LogP contribution in [0.25, 0.3) is 0 Å². The summed E-state index contributed by atoms with van der Waals surface area (Å²) in [5.41, 5.74) is 0. The second-order valence-corrected chi connectivity index (χ2v) is 3.31. The number of rotatable bonds is 2. The van der Waals surface area contributed by atoms with Crippen LogP contribution in [-0.2, 0) is 0 Å². The van der Waals surface area contributed by atoms with Gasteiger partial charge in [-0.25, -0.2) is 0 Å². The molecule has 1 radical (unpaired) electrons. The van der Waals surface area contributed by atoms with E-state index < -0.39 is 0 Å². The zero-order valence-corrected chi connectivity index (χ0v) is 6.40. The number of hydrogen-bond acceptors (Lipinski definition) is 0. The average molecular weight is 125 g/mol. The Hall–Kier alpha value is 0. The molecule has 0 saturated heterocycles. The van der Waals surface area contributed by atoms with E-state index in [2.05, 4.69) is 13.8 Å². The lowest BCUT2D eigenvalue weighted by atomic mass is 9.94. The van der Waals surface area contributed by atoms with Gasteiger partial charge in [-0.1, -0.05) is 46.0 Å². The highest BCUT2D eigenvalue weighted by Crippen LogP contribution is 2.33. The monoisotopic (exact) mass is 125 g/mol. The summed E-state index contributed by atoms with van der Waals surface area (Å²) in [6.07, 6.45) is 6.89. The summed E-state index contributed by atoms with van der Waals surface area (Å²) in [7, 11) is 0. The highest BCUT2D eigenvalue weighted by atomic mass is 14.3. The average Bonchev–Trinajstić information content (AvgIpc) is 2.18. The Balaban J connectivity index is 2.22. The van der Waals surface area contributed by atoms with Crippen molar-refractivity contribution in [2.75, 3.05) is 0 Å². The van der Waals surface area contributed by atoms with Gasteiger partial charge < -0.3 is 0 Å². The molecule has 2 atom stereocenters. The lowest BCUT2D eigenvalue weighted by Gasteiger charge is -2.12. The van der Waals surface area contributed by atoms with E-state index >= 15 is 0 Å². The molecule has 0 N–H and O–H groups in total. The normalized spacial score (nSPS) is 35.3. The van der Waals surface area contributed by atoms with Gasteiger partial charge in [-0.05, 0) is 11.8 Å². The molecule has 0 aromatic heterocycles. The van der Waals surface area contributed by atoms with Gasteiger partial charge in [-0.3, -0.25) is 0 Å². The lowest BCUT2D eigenvalue weighted by molar-refractivity contribution is 0.394. The van der Waals surface area contributed by atoms with Crippen LogP contribution in [-0.4, -0.2) is 0 Å². The minimum atomic E-state index is 0.992. The molecule has 1 saturated carbocycles. The highest BCUT2D eigenvalue weighted by Gasteiger charge is 2.21. The quantitative estimate of drug-likeness (QED) is 0.532. The summed E-state index contributed by atoms with van der Waals surface area (Å²) in [4.78, 5) is 0. The Morgan fingerprint density at radius 1 is 1.44 bits per heavy atom. The van der Waals surface area contributed by atoms with Gasteiger partial charge in [-0.15, -0.1) is 0 Å². The first kappa shape index (κ1) is 7.11. The Bertz CT molecular complexity index is 76.1. The van der Waals surface area contributed by atoms with Crippen molar-refractivity contribution in [1.29, 1.82) is 0 Å². The van der Waals surface area contributed by atoms with Gasteiger partial charge in [0.1, 0.15) is 0 Å². The molecule has 0 bridgehead atoms. The Kier molecular flexibility index (Phi) is 2.56. The molecule has 0 aliphatic heterocycles. The molecule has 0 amide bonds. The van der Waals surface area contributed by atoms with Crippen molar-refractivity contribution >= 4 is 0 Å². The van der Waals surface area contributed by atoms with E-state index in [-0.39, 0.29) is 0 Å². The van der Waals surface area contributed by atoms with Crippen LogP contribution in [0.5, 0.6) is 0 Å². The van der Waals surface area contributed by atoms with Gasteiger partial charge in [0, 0.05) is 0 Å². The van der Waals surface area contributed by atoms with Crippen LogP contribution in [0.1, 0.15) is 39.0 Å². The smallest absolute Gasteiger partial charge is 0.0388 e. The van der Waals surface area contributed by atoms with E-state index in [1.807, 2.05) is 0 Å². The number of hydrogen-bond donors (Lipinski definition) is 0. The van der Waals surface area contributed by atoms with Crippen LogP contribution < -0.4 is 0 Å². The Labute approximate surface area is 58.7 Å². The second kappa shape index (κ2) is 3.24. The van der Waals surface area contributed by atoms with Crippen molar-refractivity contribution in [3.63, 3.8) is 0 Å². The molecule has 0 spiro atoms. The van der Waals surface area contributed by atoms with Crippen molar-refractivity contribution in [3.8, 4) is 0 Å². The topological polar surface area (TPSA) is 0 Å². The van der Waals surface area contributed by atoms with Gasteiger partial charge in [0.05, 0.1) is 0 Å². The van der Waals surface area contributed by atoms with Crippen LogP contribution >= 0.6 is 0 Å². The minimum Gasteiger partial charge on any atom is -0.0622 e. The summed E-state index contributed by atoms with van der Waals surface area (Å²) in [6.45, 7) is 6.27. The van der Waals surface area contributed by atoms with Crippen molar-refractivity contribution in [1.82, 2.24) is 0 Å². The van der Waals surface area contributed by atoms with Crippen molar-refractivity contribution in [3.05, 3.63) is 6.92 Å². The van der Waals surface area contributed by atoms with Crippen LogP contribution in [0.3, 0.4) is 0 Å². The first-order valence-electron chi connectivity index (χ1n) is 4.14. The molecule has 1 rings (SSSR count). The molecule has 0 nitrogen and oxygen atoms in total. The summed E-state index contributed by atoms with van der Waals surface area (Å²) in [6, 6.07) is 0. The molecule has 2 unspecified atom stereocenters. The molecule has 0 aromatic rings. The first-order valence-corrected chi connectivity index (χ1v) is 4.14. The fraction of sp³-hybridized carbons (Fsp3) is 0.889. The molecular formula is C9H17. The van der Waals surface area contributed by atoms with E-state index in [0.717, 1.165) is 18.3 Å². The SMILES string of the molecule is [CH2]CCC1CCCC1C. The van der Waals surface area contributed by atoms with Gasteiger partial charge >= 0.3 is 0 Å². The molecule has 53 valence electrons. The third-order valence-corrected chi connectivity index (χ3v) is 2.61. The predicted octanol–water partition coefficient (Wildman–Crippen LogP) is 3.04. The fourth-order valence-electron chi connectivity index (χ4n) is 1.91. The summed E-state index contributed by atoms with van der Waals surface area (Å²) in [5.74, 6) is 2.01. The predicted molar refractivity (Wildman–Crippen MR) is 41.1 cm³/mol. The van der Waals surface area contributed by atoms with Crippen LogP contribution in [0.15, 0.2) is 0 Å². The summed E-state index contributed by atoms with van der Waals surface area (Å²) in [5, 5.41) is 0. The maximum absolute atomic E-state index is 3.88. The van der Waals surface area contributed by atoms with E-state index in [9.17, 15) is 0 Å². The maximum Gasteiger partial charge on any atom is -0.0388 e. The van der Waals surface area contributed by atoms with E-state index in [1.54, 1.807) is 0 Å². The first-order chi connectivity index (χ1) is 4.34. The molecule has 1 aliphatic carbocycles. The van der Waals surface area contributed by atoms with Crippen molar-refractivity contribution in [2.45, 2.75) is 39.0 Å². The highest BCUT2D eigenvalue weighted by molar-refractivity contribution is 4.73. The van der Waals surface area contributed by atoms with E-state index in [4.69, 9.17) is 0 Å². The largest absolute Gasteiger partial charge is 0.0622 e. The van der Waals surface area contributed by atoms with Gasteiger partial charge in [0.15, 0.2) is 0 Å². The van der Waals surface area contributed by atoms with Crippen molar-refractivity contribution in [2.24, 2.45) is 11.8 Å². The molecule has 9 heavy (non-hydrogen) atoms. The van der Waals surface area contributed by atoms with Gasteiger partial charge in [0.25, 0.3) is 0 Å². The Morgan fingerprint density at radius 2 is 2.22 bits per heavy atom. The third-order valence-electron chi connectivity index (χ3n) is 2.61. The molecule has 1 fully saturated rings. The Morgan fingerprint density at radius 3 is 2.67 bits per heavy atom. The molecule has 1 aliphatic rings. The zero-order valence-electron chi connectivity index (χ0n) is 6.40. The summed E-state index contributed by atoms with van der Waals surface area (Å²) >= 11 is 0. The standard InChI is InChI=1S/C9H17/c1-3-5-9-7-4-6-8(9)2/h8-9H,1,3-7H2,2H3. The molecule has 0 heteroatoms. The van der Waals surface area contributed by atoms with Gasteiger partial charge in [0.2, 0.25) is 0 Å². The van der Waals surface area contributed by atoms with Gasteiger partial charge in [-0.2, -0.15) is 0 Å². The van der Waals surface area contributed by atoms with Crippen LogP contribution in [0.4, 0.5) is 0 Å². The van der Waals surface area contributed by atoms with Crippen LogP contribution in [0.2, 0.25) is 0 Å². The molecular weight excluding hydrogens is 108 g/mol. The molecule has 0 heterocycles.